The lowest BCUT2D eigenvalue weighted by Crippen LogP contribution is -2.26. The Morgan fingerprint density at radius 3 is 2.54 bits per heavy atom. The number of nitrogens with two attached hydrogens (primary N) is 1. The molecule has 0 heterocycles. The second kappa shape index (κ2) is 10.1. The largest absolute Gasteiger partial charge is 0.492 e. The molecule has 1 amide bonds. The molecule has 0 aliphatic heterocycles. The van der Waals surface area contributed by atoms with E-state index in [1.807, 2.05) is 0 Å². The van der Waals surface area contributed by atoms with E-state index in [0.717, 1.165) is 6.42 Å². The van der Waals surface area contributed by atoms with Gasteiger partial charge in [0.1, 0.15) is 18.1 Å². The van der Waals surface area contributed by atoms with E-state index in [-0.39, 0.29) is 44.2 Å². The van der Waals surface area contributed by atoms with E-state index >= 15 is 0 Å². The summed E-state index contributed by atoms with van der Waals surface area (Å²) in [5, 5.41) is 11.2. The highest BCUT2D eigenvalue weighted by molar-refractivity contribution is 6.01. The van der Waals surface area contributed by atoms with Crippen molar-refractivity contribution in [3.8, 4) is 5.75 Å². The van der Waals surface area contributed by atoms with Gasteiger partial charge in [-0.25, -0.2) is 0 Å². The number of carbonyl (C=O) groups excluding carboxylic acids is 1. The molecule has 28 heavy (non-hydrogen) atoms. The van der Waals surface area contributed by atoms with Crippen LogP contribution in [0.2, 0.25) is 0 Å². The maximum atomic E-state index is 12.9. The summed E-state index contributed by atoms with van der Waals surface area (Å²) in [5.74, 6) is 0.221. The summed E-state index contributed by atoms with van der Waals surface area (Å²) in [6.45, 7) is 0.440. The summed E-state index contributed by atoms with van der Waals surface area (Å²) in [4.78, 5) is 16.0. The zero-order chi connectivity index (χ0) is 20.6. The maximum absolute atomic E-state index is 12.9. The topological polar surface area (TPSA) is 96.9 Å². The first-order valence-corrected chi connectivity index (χ1v) is 9.04. The van der Waals surface area contributed by atoms with Crippen molar-refractivity contribution in [2.75, 3.05) is 26.3 Å². The van der Waals surface area contributed by atoms with E-state index in [9.17, 15) is 18.0 Å². The van der Waals surface area contributed by atoms with Crippen LogP contribution >= 0.6 is 0 Å². The van der Waals surface area contributed by atoms with Crippen molar-refractivity contribution < 1.29 is 27.8 Å². The Bertz CT molecular complexity index is 728. The van der Waals surface area contributed by atoms with Gasteiger partial charge in [0.2, 0.25) is 0 Å². The Balaban J connectivity index is 1.91. The summed E-state index contributed by atoms with van der Waals surface area (Å²) in [6, 6.07) is 6.41. The molecule has 0 spiro atoms. The molecular weight excluding hydrogens is 375 g/mol. The van der Waals surface area contributed by atoms with Gasteiger partial charge in [-0.2, -0.15) is 13.2 Å². The van der Waals surface area contributed by atoms with E-state index in [1.54, 1.807) is 24.3 Å². The number of rotatable bonds is 7. The third kappa shape index (κ3) is 6.26. The highest BCUT2D eigenvalue weighted by Gasteiger charge is 2.35. The minimum absolute atomic E-state index is 0.0944. The second-order valence-electron chi connectivity index (χ2n) is 6.28. The highest BCUT2D eigenvalue weighted by Crippen LogP contribution is 2.30. The number of amides is 1. The quantitative estimate of drug-likeness (QED) is 0.614. The lowest BCUT2D eigenvalue weighted by Gasteiger charge is -2.21. The first-order valence-electron chi connectivity index (χ1n) is 9.04. The molecule has 1 aromatic rings. The molecule has 0 radical (unpaired) electrons. The van der Waals surface area contributed by atoms with Crippen LogP contribution < -0.4 is 15.8 Å². The number of benzene rings is 1. The number of nitrogens with zero attached hydrogens (tertiary/aromatic N) is 1. The molecule has 1 aromatic carbocycles. The summed E-state index contributed by atoms with van der Waals surface area (Å²) in [6.07, 6.45) is -2.34. The zero-order valence-electron chi connectivity index (χ0n) is 15.4. The van der Waals surface area contributed by atoms with Crippen LogP contribution in [0.15, 0.2) is 40.5 Å². The van der Waals surface area contributed by atoms with Crippen molar-refractivity contribution in [1.82, 2.24) is 5.32 Å². The molecule has 1 aliphatic rings. The van der Waals surface area contributed by atoms with E-state index < -0.39 is 11.9 Å². The number of carbonyl (C=O) groups is 1. The predicted octanol–water partition coefficient (Wildman–Crippen LogP) is 2.58. The maximum Gasteiger partial charge on any atom is 0.431 e. The van der Waals surface area contributed by atoms with Crippen LogP contribution in [0.4, 0.5) is 13.2 Å². The molecule has 6 nitrogen and oxygen atoms in total. The van der Waals surface area contributed by atoms with Crippen LogP contribution in [0.25, 0.3) is 0 Å². The van der Waals surface area contributed by atoms with Crippen LogP contribution in [0.3, 0.4) is 0 Å². The van der Waals surface area contributed by atoms with Crippen molar-refractivity contribution in [3.63, 3.8) is 0 Å². The fourth-order valence-electron chi connectivity index (χ4n) is 2.84. The zero-order valence-corrected chi connectivity index (χ0v) is 15.4. The monoisotopic (exact) mass is 399 g/mol. The normalized spacial score (nSPS) is 18.1. The first kappa shape index (κ1) is 21.7. The van der Waals surface area contributed by atoms with Crippen LogP contribution in [-0.2, 0) is 0 Å². The van der Waals surface area contributed by atoms with Crippen molar-refractivity contribution in [2.45, 2.75) is 31.9 Å². The summed E-state index contributed by atoms with van der Waals surface area (Å²) in [7, 11) is 0. The molecule has 0 aromatic heterocycles. The minimum atomic E-state index is -4.55. The van der Waals surface area contributed by atoms with E-state index in [0.29, 0.717) is 29.9 Å². The molecule has 1 aliphatic carbocycles. The average molecular weight is 399 g/mol. The van der Waals surface area contributed by atoms with Gasteiger partial charge in [0.15, 0.2) is 0 Å². The summed E-state index contributed by atoms with van der Waals surface area (Å²) < 4.78 is 44.1. The Morgan fingerprint density at radius 2 is 1.89 bits per heavy atom. The summed E-state index contributed by atoms with van der Waals surface area (Å²) >= 11 is 0. The smallest absolute Gasteiger partial charge is 0.431 e. The third-order valence-corrected chi connectivity index (χ3v) is 4.25. The van der Waals surface area contributed by atoms with Gasteiger partial charge in [0.25, 0.3) is 5.91 Å². The fraction of sp³-hybridized carbons (Fsp3) is 0.474. The number of alkyl halides is 3. The minimum Gasteiger partial charge on any atom is -0.492 e. The van der Waals surface area contributed by atoms with Crippen LogP contribution in [0.1, 0.15) is 36.0 Å². The molecule has 1 saturated carbocycles. The van der Waals surface area contributed by atoms with Gasteiger partial charge >= 0.3 is 6.18 Å². The molecule has 2 rings (SSSR count). The van der Waals surface area contributed by atoms with Gasteiger partial charge in [-0.05, 0) is 49.9 Å². The highest BCUT2D eigenvalue weighted by atomic mass is 19.4. The lowest BCUT2D eigenvalue weighted by molar-refractivity contribution is -0.0933. The number of aliphatic hydroxyl groups excluding tert-OH is 1. The molecule has 1 fully saturated rings. The second-order valence-corrected chi connectivity index (χ2v) is 6.28. The third-order valence-electron chi connectivity index (χ3n) is 4.25. The molecule has 0 atom stereocenters. The molecular formula is C19H24F3N3O3. The molecule has 9 heteroatoms. The molecule has 0 bridgehead atoms. The Labute approximate surface area is 161 Å². The molecule has 0 unspecified atom stereocenters. The van der Waals surface area contributed by atoms with Gasteiger partial charge in [0.05, 0.1) is 13.2 Å². The number of ether oxygens (including phenoxy) is 1. The SMILES string of the molecule is NC(=C1CCCCC1=NCCOc1ccc(C(=O)NCCO)cc1)C(F)(F)F. The average Bonchev–Trinajstić information content (AvgIpc) is 2.69. The van der Waals surface area contributed by atoms with E-state index in [2.05, 4.69) is 10.3 Å². The van der Waals surface area contributed by atoms with Gasteiger partial charge in [-0.3, -0.25) is 9.79 Å². The van der Waals surface area contributed by atoms with Crippen molar-refractivity contribution in [3.05, 3.63) is 41.1 Å². The van der Waals surface area contributed by atoms with Crippen LogP contribution in [0, 0.1) is 0 Å². The predicted molar refractivity (Wildman–Crippen MR) is 99.4 cm³/mol. The first-order chi connectivity index (χ1) is 13.3. The molecule has 4 N–H and O–H groups in total. The Morgan fingerprint density at radius 1 is 1.21 bits per heavy atom. The Hall–Kier alpha value is -2.55. The van der Waals surface area contributed by atoms with Crippen molar-refractivity contribution >= 4 is 11.6 Å². The van der Waals surface area contributed by atoms with Gasteiger partial charge < -0.3 is 20.9 Å². The van der Waals surface area contributed by atoms with Gasteiger partial charge in [0, 0.05) is 23.4 Å². The van der Waals surface area contributed by atoms with Gasteiger partial charge in [-0.1, -0.05) is 0 Å². The number of halogens is 3. The van der Waals surface area contributed by atoms with E-state index in [1.165, 1.54) is 0 Å². The number of hydrogen-bond donors (Lipinski definition) is 3. The number of nitrogens with one attached hydrogen (secondary N) is 1. The fourth-order valence-corrected chi connectivity index (χ4v) is 2.84. The van der Waals surface area contributed by atoms with Crippen LogP contribution in [0.5, 0.6) is 5.75 Å². The standard InChI is InChI=1S/C19H24F3N3O3/c20-19(21,22)17(23)15-3-1-2-4-16(15)24-10-12-28-14-7-5-13(6-8-14)18(27)25-9-11-26/h5-8,26H,1-4,9-12,23H2,(H,25,27). The van der Waals surface area contributed by atoms with Gasteiger partial charge in [-0.15, -0.1) is 0 Å². The van der Waals surface area contributed by atoms with Crippen LogP contribution in [-0.4, -0.2) is 49.2 Å². The molecule has 0 saturated heterocycles. The number of aliphatic imine (C=N–C) groups is 1. The van der Waals surface area contributed by atoms with Crippen molar-refractivity contribution in [2.24, 2.45) is 10.7 Å². The summed E-state index contributed by atoms with van der Waals surface area (Å²) in [5.41, 5.74) is 5.15. The Kier molecular flexibility index (Phi) is 7.86. The molecule has 154 valence electrons. The van der Waals surface area contributed by atoms with E-state index in [4.69, 9.17) is 15.6 Å². The number of hydrogen-bond acceptors (Lipinski definition) is 5. The van der Waals surface area contributed by atoms with Crippen molar-refractivity contribution in [1.29, 1.82) is 0 Å². The number of aliphatic hydroxyl groups is 1. The lowest BCUT2D eigenvalue weighted by atomic mass is 9.91. The number of allylic oxidation sites excluding steroid dienone is 2.